The molecule has 3 aromatic heterocycles. The third-order valence-corrected chi connectivity index (χ3v) is 6.67. The maximum Gasteiger partial charge on any atom is 0.269 e. The van der Waals surface area contributed by atoms with Crippen molar-refractivity contribution in [2.75, 3.05) is 13.6 Å². The van der Waals surface area contributed by atoms with Crippen molar-refractivity contribution in [3.63, 3.8) is 0 Å². The summed E-state index contributed by atoms with van der Waals surface area (Å²) in [5, 5.41) is 14.5. The van der Waals surface area contributed by atoms with Crippen LogP contribution in [0.25, 0.3) is 22.5 Å². The van der Waals surface area contributed by atoms with Gasteiger partial charge in [0.05, 0.1) is 23.3 Å². The molecule has 3 heterocycles. The smallest absolute Gasteiger partial charge is 0.269 e. The van der Waals surface area contributed by atoms with E-state index in [0.717, 1.165) is 59.7 Å². The minimum atomic E-state index is -0.158. The van der Waals surface area contributed by atoms with Crippen LogP contribution in [0.1, 0.15) is 60.0 Å². The van der Waals surface area contributed by atoms with Crippen LogP contribution in [0.3, 0.4) is 0 Å². The number of H-pyrrole nitrogens is 1. The zero-order chi connectivity index (χ0) is 27.1. The number of unbranched alkanes of at least 4 members (excludes halogenated alkanes) is 2. The van der Waals surface area contributed by atoms with Gasteiger partial charge in [0, 0.05) is 51.8 Å². The van der Waals surface area contributed by atoms with Gasteiger partial charge in [-0.1, -0.05) is 37.1 Å². The number of imidazole rings is 1. The number of carbonyl (C=O) groups excluding carboxylic acids is 2. The van der Waals surface area contributed by atoms with Gasteiger partial charge >= 0.3 is 0 Å². The summed E-state index contributed by atoms with van der Waals surface area (Å²) in [5.74, 6) is 0.746. The van der Waals surface area contributed by atoms with Crippen molar-refractivity contribution in [1.82, 2.24) is 40.2 Å². The van der Waals surface area contributed by atoms with E-state index >= 15 is 0 Å². The van der Waals surface area contributed by atoms with E-state index in [0.29, 0.717) is 18.7 Å². The van der Waals surface area contributed by atoms with Crippen molar-refractivity contribution in [2.45, 2.75) is 44.9 Å². The maximum atomic E-state index is 12.8. The molecule has 0 spiro atoms. The average molecular weight is 517 g/mol. The maximum absolute atomic E-state index is 12.8. The lowest BCUT2D eigenvalue weighted by atomic mass is 9.99. The lowest BCUT2D eigenvalue weighted by molar-refractivity contribution is -0.120. The number of rotatable bonds is 12. The fourth-order valence-corrected chi connectivity index (χ4v) is 4.52. The number of aryl methyl sites for hydroxylation is 3. The second-order valence-corrected chi connectivity index (χ2v) is 9.61. The Hall–Kier alpha value is -4.21. The Morgan fingerprint density at radius 3 is 2.45 bits per heavy atom. The van der Waals surface area contributed by atoms with E-state index < -0.39 is 0 Å². The summed E-state index contributed by atoms with van der Waals surface area (Å²) < 4.78 is 3.38. The molecular weight excluding hydrogens is 480 g/mol. The van der Waals surface area contributed by atoms with Gasteiger partial charge in [-0.05, 0) is 37.5 Å². The van der Waals surface area contributed by atoms with Gasteiger partial charge in [-0.3, -0.25) is 19.0 Å². The van der Waals surface area contributed by atoms with Crippen LogP contribution in [0.2, 0.25) is 0 Å². The summed E-state index contributed by atoms with van der Waals surface area (Å²) in [6.45, 7) is 2.32. The zero-order valence-corrected chi connectivity index (χ0v) is 22.5. The predicted molar refractivity (Wildman–Crippen MR) is 146 cm³/mol. The zero-order valence-electron chi connectivity index (χ0n) is 22.5. The van der Waals surface area contributed by atoms with Crippen molar-refractivity contribution in [3.8, 4) is 22.5 Å². The van der Waals surface area contributed by atoms with E-state index in [1.807, 2.05) is 32.4 Å². The molecule has 4 aromatic rings. The third kappa shape index (κ3) is 6.76. The molecule has 1 unspecified atom stereocenters. The summed E-state index contributed by atoms with van der Waals surface area (Å²) in [4.78, 5) is 32.5. The summed E-state index contributed by atoms with van der Waals surface area (Å²) in [7, 11) is 5.33. The molecule has 1 aromatic carbocycles. The Kier molecular flexibility index (Phi) is 8.73. The molecule has 0 aliphatic heterocycles. The van der Waals surface area contributed by atoms with Gasteiger partial charge in [-0.15, -0.1) is 0 Å². The molecule has 0 aliphatic carbocycles. The van der Waals surface area contributed by atoms with Crippen molar-refractivity contribution in [1.29, 1.82) is 0 Å². The second kappa shape index (κ2) is 12.4. The lowest BCUT2D eigenvalue weighted by Gasteiger charge is -2.16. The SMILES string of the molecule is CNC(=O)CCCCCC(CNC(=O)c1cc(C)nn1C)c1ncc(-c2ccc(-c3ccn(C)n3)cc2)[nH]1. The summed E-state index contributed by atoms with van der Waals surface area (Å²) in [5.41, 5.74) is 5.26. The van der Waals surface area contributed by atoms with Crippen LogP contribution in [-0.2, 0) is 18.9 Å². The molecule has 0 radical (unpaired) electrons. The highest BCUT2D eigenvalue weighted by molar-refractivity contribution is 5.92. The van der Waals surface area contributed by atoms with Gasteiger partial charge in [-0.2, -0.15) is 10.2 Å². The second-order valence-electron chi connectivity index (χ2n) is 9.61. The average Bonchev–Trinajstić information content (AvgIpc) is 3.65. The van der Waals surface area contributed by atoms with Gasteiger partial charge in [-0.25, -0.2) is 4.98 Å². The number of aromatic amines is 1. The first-order valence-corrected chi connectivity index (χ1v) is 13.0. The molecule has 10 nitrogen and oxygen atoms in total. The highest BCUT2D eigenvalue weighted by Gasteiger charge is 2.19. The third-order valence-electron chi connectivity index (χ3n) is 6.67. The Bertz CT molecular complexity index is 1370. The van der Waals surface area contributed by atoms with Crippen LogP contribution in [0.4, 0.5) is 0 Å². The van der Waals surface area contributed by atoms with Crippen LogP contribution in [-0.4, -0.2) is 54.9 Å². The molecule has 0 saturated heterocycles. The van der Waals surface area contributed by atoms with Crippen LogP contribution in [0.15, 0.2) is 48.8 Å². The quantitative estimate of drug-likeness (QED) is 0.248. The molecule has 0 fully saturated rings. The van der Waals surface area contributed by atoms with E-state index in [2.05, 4.69) is 55.1 Å². The molecule has 1 atom stereocenters. The summed E-state index contributed by atoms with van der Waals surface area (Å²) in [6, 6.07) is 12.0. The summed E-state index contributed by atoms with van der Waals surface area (Å²) >= 11 is 0. The number of carbonyl (C=O) groups is 2. The number of hydrogen-bond donors (Lipinski definition) is 3. The molecule has 2 amide bonds. The van der Waals surface area contributed by atoms with Crippen LogP contribution < -0.4 is 10.6 Å². The highest BCUT2D eigenvalue weighted by atomic mass is 16.2. The van der Waals surface area contributed by atoms with Crippen LogP contribution in [0, 0.1) is 6.92 Å². The molecule has 3 N–H and O–H groups in total. The molecule has 0 saturated carbocycles. The highest BCUT2D eigenvalue weighted by Crippen LogP contribution is 2.26. The minimum absolute atomic E-state index is 0.00909. The van der Waals surface area contributed by atoms with Crippen LogP contribution >= 0.6 is 0 Å². The van der Waals surface area contributed by atoms with Gasteiger partial charge in [0.1, 0.15) is 11.5 Å². The van der Waals surface area contributed by atoms with Gasteiger partial charge in [0.15, 0.2) is 0 Å². The first-order valence-electron chi connectivity index (χ1n) is 13.0. The Morgan fingerprint density at radius 1 is 1.03 bits per heavy atom. The number of hydrogen-bond acceptors (Lipinski definition) is 5. The first kappa shape index (κ1) is 26.8. The molecule has 0 bridgehead atoms. The Balaban J connectivity index is 1.44. The molecule has 10 heteroatoms. The Labute approximate surface area is 222 Å². The normalized spacial score (nSPS) is 11.9. The van der Waals surface area contributed by atoms with E-state index in [1.165, 1.54) is 0 Å². The van der Waals surface area contributed by atoms with Crippen molar-refractivity contribution < 1.29 is 9.59 Å². The monoisotopic (exact) mass is 516 g/mol. The number of nitrogens with one attached hydrogen (secondary N) is 3. The fraction of sp³-hybridized carbons (Fsp3) is 0.393. The van der Waals surface area contributed by atoms with E-state index in [-0.39, 0.29) is 17.7 Å². The van der Waals surface area contributed by atoms with Crippen molar-refractivity contribution in [3.05, 3.63) is 66.0 Å². The van der Waals surface area contributed by atoms with Gasteiger partial charge < -0.3 is 15.6 Å². The molecule has 4 rings (SSSR count). The van der Waals surface area contributed by atoms with Crippen molar-refractivity contribution in [2.24, 2.45) is 14.1 Å². The van der Waals surface area contributed by atoms with Gasteiger partial charge in [0.2, 0.25) is 5.91 Å². The number of amides is 2. The topological polar surface area (TPSA) is 123 Å². The number of nitrogens with zero attached hydrogens (tertiary/aromatic N) is 5. The Morgan fingerprint density at radius 2 is 1.79 bits per heavy atom. The van der Waals surface area contributed by atoms with E-state index in [1.54, 1.807) is 29.5 Å². The predicted octanol–water partition coefficient (Wildman–Crippen LogP) is 3.73. The van der Waals surface area contributed by atoms with Gasteiger partial charge in [0.25, 0.3) is 5.91 Å². The molecule has 38 heavy (non-hydrogen) atoms. The first-order chi connectivity index (χ1) is 18.3. The lowest BCUT2D eigenvalue weighted by Crippen LogP contribution is -2.30. The van der Waals surface area contributed by atoms with E-state index in [4.69, 9.17) is 0 Å². The van der Waals surface area contributed by atoms with Crippen LogP contribution in [0.5, 0.6) is 0 Å². The fourth-order valence-electron chi connectivity index (χ4n) is 4.52. The molecular formula is C28H36N8O2. The summed E-state index contributed by atoms with van der Waals surface area (Å²) in [6.07, 6.45) is 7.83. The van der Waals surface area contributed by atoms with Crippen molar-refractivity contribution >= 4 is 11.8 Å². The molecule has 0 aliphatic rings. The molecule has 200 valence electrons. The number of aromatic nitrogens is 6. The number of benzene rings is 1. The standard InChI is InChI=1S/C28H36N8O2/c1-19-16-25(36(4)33-19)28(38)31-17-22(8-6-5-7-9-26(37)29-2)27-30-18-24(32-27)21-12-10-20(11-13-21)23-14-15-35(3)34-23/h10-16,18,22H,5-9,17H2,1-4H3,(H,29,37)(H,30,32)(H,31,38). The largest absolute Gasteiger partial charge is 0.359 e. The van der Waals surface area contributed by atoms with E-state index in [9.17, 15) is 9.59 Å². The minimum Gasteiger partial charge on any atom is -0.359 e.